The SMILES string of the molecule is O=C(O)C=C1CC2CCC(C1)N2c1cccc(F)c1. The molecule has 0 aromatic heterocycles. The fraction of sp³-hybridized carbons (Fsp3) is 0.400. The van der Waals surface area contributed by atoms with Crippen LogP contribution in [0.5, 0.6) is 0 Å². The molecule has 19 heavy (non-hydrogen) atoms. The van der Waals surface area contributed by atoms with Gasteiger partial charge in [0.2, 0.25) is 0 Å². The number of hydrogen-bond acceptors (Lipinski definition) is 2. The second kappa shape index (κ2) is 4.68. The maximum Gasteiger partial charge on any atom is 0.328 e. The van der Waals surface area contributed by atoms with Crippen molar-refractivity contribution >= 4 is 11.7 Å². The van der Waals surface area contributed by atoms with E-state index >= 15 is 0 Å². The molecule has 0 amide bonds. The minimum absolute atomic E-state index is 0.219. The molecule has 100 valence electrons. The quantitative estimate of drug-likeness (QED) is 0.832. The normalized spacial score (nSPS) is 25.5. The predicted octanol–water partition coefficient (Wildman–Crippen LogP) is 2.97. The Bertz CT molecular complexity index is 525. The van der Waals surface area contributed by atoms with Gasteiger partial charge in [-0.1, -0.05) is 11.6 Å². The Kier molecular flexibility index (Phi) is 3.01. The van der Waals surface area contributed by atoms with Gasteiger partial charge in [-0.2, -0.15) is 0 Å². The summed E-state index contributed by atoms with van der Waals surface area (Å²) in [5, 5.41) is 8.84. The van der Waals surface area contributed by atoms with Gasteiger partial charge in [-0.15, -0.1) is 0 Å². The van der Waals surface area contributed by atoms with Crippen molar-refractivity contribution in [3.8, 4) is 0 Å². The van der Waals surface area contributed by atoms with E-state index in [0.717, 1.165) is 36.9 Å². The first-order valence-corrected chi connectivity index (χ1v) is 6.60. The van der Waals surface area contributed by atoms with E-state index in [0.29, 0.717) is 12.1 Å². The number of nitrogens with zero attached hydrogens (tertiary/aromatic N) is 1. The highest BCUT2D eigenvalue weighted by atomic mass is 19.1. The van der Waals surface area contributed by atoms with Gasteiger partial charge < -0.3 is 10.0 Å². The molecule has 2 saturated heterocycles. The Morgan fingerprint density at radius 3 is 2.58 bits per heavy atom. The largest absolute Gasteiger partial charge is 0.478 e. The highest BCUT2D eigenvalue weighted by molar-refractivity contribution is 5.80. The molecule has 2 unspecified atom stereocenters. The lowest BCUT2D eigenvalue weighted by atomic mass is 9.95. The zero-order valence-electron chi connectivity index (χ0n) is 10.6. The van der Waals surface area contributed by atoms with Crippen molar-refractivity contribution in [2.75, 3.05) is 4.90 Å². The van der Waals surface area contributed by atoms with E-state index in [9.17, 15) is 9.18 Å². The number of rotatable bonds is 2. The number of carboxylic acids is 1. The molecule has 0 saturated carbocycles. The zero-order chi connectivity index (χ0) is 13.4. The van der Waals surface area contributed by atoms with Crippen LogP contribution in [0.25, 0.3) is 0 Å². The Morgan fingerprint density at radius 1 is 1.32 bits per heavy atom. The molecule has 3 nitrogen and oxygen atoms in total. The second-order valence-corrected chi connectivity index (χ2v) is 5.32. The van der Waals surface area contributed by atoms with Crippen molar-refractivity contribution in [1.82, 2.24) is 0 Å². The van der Waals surface area contributed by atoms with E-state index in [2.05, 4.69) is 4.90 Å². The number of halogens is 1. The predicted molar refractivity (Wildman–Crippen MR) is 70.6 cm³/mol. The molecule has 1 aromatic carbocycles. The van der Waals surface area contributed by atoms with Crippen LogP contribution in [0.3, 0.4) is 0 Å². The van der Waals surface area contributed by atoms with E-state index in [1.807, 2.05) is 6.07 Å². The van der Waals surface area contributed by atoms with Gasteiger partial charge in [0, 0.05) is 23.8 Å². The molecule has 4 heteroatoms. The van der Waals surface area contributed by atoms with Crippen LogP contribution < -0.4 is 4.90 Å². The summed E-state index contributed by atoms with van der Waals surface area (Å²) in [5.74, 6) is -1.09. The summed E-state index contributed by atoms with van der Waals surface area (Å²) in [4.78, 5) is 13.0. The average molecular weight is 261 g/mol. The molecular formula is C15H16FNO2. The van der Waals surface area contributed by atoms with Crippen LogP contribution in [-0.4, -0.2) is 23.2 Å². The van der Waals surface area contributed by atoms with E-state index in [1.165, 1.54) is 12.1 Å². The summed E-state index contributed by atoms with van der Waals surface area (Å²) in [6, 6.07) is 7.30. The molecule has 3 rings (SSSR count). The molecule has 0 spiro atoms. The Morgan fingerprint density at radius 2 is 2.00 bits per heavy atom. The first-order valence-electron chi connectivity index (χ1n) is 6.60. The third-order valence-electron chi connectivity index (χ3n) is 4.05. The molecule has 2 fully saturated rings. The Hall–Kier alpha value is -1.84. The van der Waals surface area contributed by atoms with Gasteiger partial charge in [0.15, 0.2) is 0 Å². The molecule has 2 bridgehead atoms. The summed E-state index contributed by atoms with van der Waals surface area (Å²) < 4.78 is 13.3. The number of anilines is 1. The number of fused-ring (bicyclic) bond motifs is 2. The Labute approximate surface area is 111 Å². The van der Waals surface area contributed by atoms with Crippen molar-refractivity contribution in [2.24, 2.45) is 0 Å². The number of benzene rings is 1. The zero-order valence-corrected chi connectivity index (χ0v) is 10.6. The molecule has 2 aliphatic heterocycles. The summed E-state index contributed by atoms with van der Waals surface area (Å²) in [6.07, 6.45) is 5.00. The third kappa shape index (κ3) is 2.35. The molecule has 0 radical (unpaired) electrons. The average Bonchev–Trinajstić information content (AvgIpc) is 2.61. The maximum atomic E-state index is 13.3. The van der Waals surface area contributed by atoms with E-state index in [-0.39, 0.29) is 5.82 Å². The van der Waals surface area contributed by atoms with Crippen LogP contribution in [-0.2, 0) is 4.79 Å². The van der Waals surface area contributed by atoms with Gasteiger partial charge in [-0.3, -0.25) is 0 Å². The minimum Gasteiger partial charge on any atom is -0.478 e. The van der Waals surface area contributed by atoms with Crippen molar-refractivity contribution in [1.29, 1.82) is 0 Å². The van der Waals surface area contributed by atoms with Crippen molar-refractivity contribution in [3.63, 3.8) is 0 Å². The fourth-order valence-corrected chi connectivity index (χ4v) is 3.40. The van der Waals surface area contributed by atoms with Gasteiger partial charge in [0.25, 0.3) is 0 Å². The minimum atomic E-state index is -0.867. The molecule has 1 N–H and O–H groups in total. The number of piperidine rings is 1. The summed E-state index contributed by atoms with van der Waals surface area (Å²) >= 11 is 0. The summed E-state index contributed by atoms with van der Waals surface area (Å²) in [5.41, 5.74) is 1.93. The number of aliphatic carboxylic acids is 1. The molecule has 2 heterocycles. The smallest absolute Gasteiger partial charge is 0.328 e. The number of hydrogen-bond donors (Lipinski definition) is 1. The number of carbonyl (C=O) groups is 1. The topological polar surface area (TPSA) is 40.5 Å². The number of carboxylic acid groups (broad SMARTS) is 1. The monoisotopic (exact) mass is 261 g/mol. The van der Waals surface area contributed by atoms with Crippen LogP contribution in [0, 0.1) is 5.82 Å². The van der Waals surface area contributed by atoms with E-state index in [1.54, 1.807) is 12.1 Å². The third-order valence-corrected chi connectivity index (χ3v) is 4.05. The molecule has 2 aliphatic rings. The highest BCUT2D eigenvalue weighted by Crippen LogP contribution is 2.41. The summed E-state index contributed by atoms with van der Waals surface area (Å²) in [6.45, 7) is 0. The molecule has 1 aromatic rings. The molecular weight excluding hydrogens is 245 g/mol. The van der Waals surface area contributed by atoms with Crippen molar-refractivity contribution in [3.05, 3.63) is 41.7 Å². The van der Waals surface area contributed by atoms with Crippen molar-refractivity contribution in [2.45, 2.75) is 37.8 Å². The fourth-order valence-electron chi connectivity index (χ4n) is 3.40. The Balaban J connectivity index is 1.86. The first kappa shape index (κ1) is 12.2. The van der Waals surface area contributed by atoms with Crippen LogP contribution in [0.1, 0.15) is 25.7 Å². The van der Waals surface area contributed by atoms with Crippen LogP contribution >= 0.6 is 0 Å². The lowest BCUT2D eigenvalue weighted by molar-refractivity contribution is -0.131. The van der Waals surface area contributed by atoms with E-state index in [4.69, 9.17) is 5.11 Å². The van der Waals surface area contributed by atoms with Gasteiger partial charge in [0.05, 0.1) is 0 Å². The second-order valence-electron chi connectivity index (χ2n) is 5.32. The van der Waals surface area contributed by atoms with Crippen LogP contribution in [0.2, 0.25) is 0 Å². The lowest BCUT2D eigenvalue weighted by Gasteiger charge is -2.38. The van der Waals surface area contributed by atoms with Gasteiger partial charge in [-0.05, 0) is 43.9 Å². The molecule has 0 aliphatic carbocycles. The standard InChI is InChI=1S/C15H16FNO2/c16-11-2-1-3-12(9-11)17-13-4-5-14(17)7-10(6-13)8-15(18)19/h1-3,8-9,13-14H,4-7H2,(H,18,19). The highest BCUT2D eigenvalue weighted by Gasteiger charge is 2.38. The molecule has 2 atom stereocenters. The van der Waals surface area contributed by atoms with Gasteiger partial charge in [-0.25, -0.2) is 9.18 Å². The van der Waals surface area contributed by atoms with Crippen molar-refractivity contribution < 1.29 is 14.3 Å². The lowest BCUT2D eigenvalue weighted by Crippen LogP contribution is -2.40. The van der Waals surface area contributed by atoms with Crippen LogP contribution in [0.15, 0.2) is 35.9 Å². The first-order chi connectivity index (χ1) is 9.13. The van der Waals surface area contributed by atoms with Gasteiger partial charge >= 0.3 is 5.97 Å². The van der Waals surface area contributed by atoms with Gasteiger partial charge in [0.1, 0.15) is 5.82 Å². The van der Waals surface area contributed by atoms with Crippen LogP contribution in [0.4, 0.5) is 10.1 Å². The van der Waals surface area contributed by atoms with E-state index < -0.39 is 5.97 Å². The maximum absolute atomic E-state index is 13.3. The summed E-state index contributed by atoms with van der Waals surface area (Å²) in [7, 11) is 0.